The van der Waals surface area contributed by atoms with E-state index < -0.39 is 5.97 Å². The Bertz CT molecular complexity index is 109. The monoisotopic (exact) mass is 176 g/mol. The fourth-order valence-electron chi connectivity index (χ4n) is 0. The Labute approximate surface area is 72.5 Å². The van der Waals surface area contributed by atoms with Crippen LogP contribution >= 0.6 is 11.6 Å². The number of carboxylic acid groups (broad SMARTS) is 1. The molecule has 0 atom stereocenters. The zero-order valence-corrected chi connectivity index (χ0v) is 7.34. The van der Waals surface area contributed by atoms with E-state index >= 15 is 0 Å². The van der Waals surface area contributed by atoms with Crippen molar-refractivity contribution in [1.29, 1.82) is 0 Å². The Balaban J connectivity index is -0.0000000886. The van der Waals surface area contributed by atoms with Crippen LogP contribution in [-0.4, -0.2) is 11.1 Å². The first-order chi connectivity index (χ1) is 5.06. The summed E-state index contributed by atoms with van der Waals surface area (Å²) in [5.74, 6) is -0.833. The summed E-state index contributed by atoms with van der Waals surface area (Å²) >= 11 is 4.76. The summed E-state index contributed by atoms with van der Waals surface area (Å²) in [5, 5.41) is 7.42. The van der Waals surface area contributed by atoms with Gasteiger partial charge in [0, 0.05) is 6.92 Å². The van der Waals surface area contributed by atoms with E-state index in [0.717, 1.165) is 6.92 Å². The molecule has 1 N–H and O–H groups in total. The molecule has 0 saturated heterocycles. The topological polar surface area (TPSA) is 37.3 Å². The maximum Gasteiger partial charge on any atom is 0.300 e. The van der Waals surface area contributed by atoms with E-state index in [1.165, 1.54) is 5.54 Å². The van der Waals surface area contributed by atoms with Gasteiger partial charge in [0.05, 0.1) is 0 Å². The van der Waals surface area contributed by atoms with Gasteiger partial charge in [-0.2, -0.15) is 0 Å². The number of hydrogen-bond donors (Lipinski definition) is 1. The second kappa shape index (κ2) is 23.1. The van der Waals surface area contributed by atoms with E-state index in [4.69, 9.17) is 21.5 Å². The van der Waals surface area contributed by atoms with Crippen molar-refractivity contribution < 1.29 is 9.90 Å². The Hall–Kier alpha value is -1.02. The predicted octanol–water partition coefficient (Wildman–Crippen LogP) is 2.82. The predicted molar refractivity (Wildman–Crippen MR) is 49.8 cm³/mol. The summed E-state index contributed by atoms with van der Waals surface area (Å²) in [6, 6.07) is 0. The highest BCUT2D eigenvalue weighted by Crippen LogP contribution is 1.60. The molecular weight excluding hydrogens is 164 g/mol. The van der Waals surface area contributed by atoms with Crippen molar-refractivity contribution >= 4 is 17.6 Å². The molecule has 0 radical (unpaired) electrons. The molecule has 0 rings (SSSR count). The van der Waals surface area contributed by atoms with Crippen LogP contribution in [0, 0.1) is 0 Å². The van der Waals surface area contributed by atoms with Crippen molar-refractivity contribution in [3.05, 3.63) is 37.4 Å². The molecular formula is C8H13ClO2. The van der Waals surface area contributed by atoms with Crippen molar-refractivity contribution in [2.24, 2.45) is 0 Å². The highest BCUT2D eigenvalue weighted by atomic mass is 35.5. The van der Waals surface area contributed by atoms with Crippen molar-refractivity contribution in [3.8, 4) is 0 Å². The molecule has 0 aromatic carbocycles. The Morgan fingerprint density at radius 3 is 1.45 bits per heavy atom. The molecule has 0 heterocycles. The molecule has 3 heteroatoms. The van der Waals surface area contributed by atoms with E-state index in [1.807, 2.05) is 0 Å². The van der Waals surface area contributed by atoms with Gasteiger partial charge in [-0.1, -0.05) is 43.5 Å². The van der Waals surface area contributed by atoms with Crippen molar-refractivity contribution in [2.45, 2.75) is 6.92 Å². The maximum absolute atomic E-state index is 9.00. The smallest absolute Gasteiger partial charge is 0.300 e. The highest BCUT2D eigenvalue weighted by Gasteiger charge is 1.65. The minimum atomic E-state index is -0.833. The fraction of sp³-hybridized carbons (Fsp3) is 0.125. The first-order valence-electron chi connectivity index (χ1n) is 2.70. The lowest BCUT2D eigenvalue weighted by molar-refractivity contribution is -0.134. The van der Waals surface area contributed by atoms with Gasteiger partial charge in [-0.3, -0.25) is 4.79 Å². The summed E-state index contributed by atoms with van der Waals surface area (Å²) in [6.45, 7) is 10.9. The van der Waals surface area contributed by atoms with Crippen LogP contribution in [0.3, 0.4) is 0 Å². The molecule has 0 aliphatic carbocycles. The van der Waals surface area contributed by atoms with E-state index in [0.29, 0.717) is 0 Å². The normalized spacial score (nSPS) is 5.27. The van der Waals surface area contributed by atoms with Crippen LogP contribution in [0.15, 0.2) is 37.4 Å². The lowest BCUT2D eigenvalue weighted by Crippen LogP contribution is -1.78. The van der Waals surface area contributed by atoms with Gasteiger partial charge in [-0.05, 0) is 5.54 Å². The average Bonchev–Trinajstić information content (AvgIpc) is 1.88. The summed E-state index contributed by atoms with van der Waals surface area (Å²) < 4.78 is 0. The molecule has 11 heavy (non-hydrogen) atoms. The largest absolute Gasteiger partial charge is 0.481 e. The Morgan fingerprint density at radius 1 is 1.36 bits per heavy atom. The number of carbonyl (C=O) groups is 1. The van der Waals surface area contributed by atoms with Crippen LogP contribution in [0.4, 0.5) is 0 Å². The first kappa shape index (κ1) is 16.5. The molecule has 0 amide bonds. The number of aliphatic carboxylic acids is 1. The molecule has 0 unspecified atom stereocenters. The molecule has 0 fully saturated rings. The molecule has 0 aromatic rings. The minimum absolute atomic E-state index is 0.833. The van der Waals surface area contributed by atoms with Crippen LogP contribution in [0.5, 0.6) is 0 Å². The molecule has 2 nitrogen and oxygen atoms in total. The van der Waals surface area contributed by atoms with Gasteiger partial charge in [-0.15, -0.1) is 0 Å². The molecule has 64 valence electrons. The Kier molecular flexibility index (Phi) is 34.6. The van der Waals surface area contributed by atoms with Crippen molar-refractivity contribution in [1.82, 2.24) is 0 Å². The standard InChI is InChI=1S/C4H6.C2H3Cl.C2H4O2/c1-3-4-2;1-2-3;1-2(3)4/h3-4H,1-2H2;2H,1H2;1H3,(H,3,4). The van der Waals surface area contributed by atoms with E-state index in [2.05, 4.69) is 19.7 Å². The van der Waals surface area contributed by atoms with Crippen LogP contribution in [0.1, 0.15) is 6.92 Å². The highest BCUT2D eigenvalue weighted by molar-refractivity contribution is 6.25. The van der Waals surface area contributed by atoms with Gasteiger partial charge in [0.2, 0.25) is 0 Å². The third-order valence-electron chi connectivity index (χ3n) is 0.167. The van der Waals surface area contributed by atoms with Gasteiger partial charge in [0.15, 0.2) is 0 Å². The lowest BCUT2D eigenvalue weighted by atomic mass is 10.6. The first-order valence-corrected chi connectivity index (χ1v) is 3.14. The fourth-order valence-corrected chi connectivity index (χ4v) is 0. The molecule has 0 spiro atoms. The average molecular weight is 177 g/mol. The SMILES string of the molecule is C=CC=C.C=CCl.CC(=O)O. The van der Waals surface area contributed by atoms with Gasteiger partial charge in [-0.25, -0.2) is 0 Å². The van der Waals surface area contributed by atoms with Crippen LogP contribution in [-0.2, 0) is 4.79 Å². The van der Waals surface area contributed by atoms with Crippen LogP contribution < -0.4 is 0 Å². The molecule has 0 aliphatic rings. The summed E-state index contributed by atoms with van der Waals surface area (Å²) in [5.41, 5.74) is 1.22. The van der Waals surface area contributed by atoms with E-state index in [1.54, 1.807) is 12.2 Å². The third kappa shape index (κ3) is 1090000. The molecule has 0 saturated carbocycles. The number of carboxylic acids is 1. The van der Waals surface area contributed by atoms with Crippen molar-refractivity contribution in [2.75, 3.05) is 0 Å². The second-order valence-electron chi connectivity index (χ2n) is 1.14. The van der Waals surface area contributed by atoms with Crippen LogP contribution in [0.2, 0.25) is 0 Å². The lowest BCUT2D eigenvalue weighted by Gasteiger charge is -1.59. The molecule has 0 aliphatic heterocycles. The zero-order valence-electron chi connectivity index (χ0n) is 6.59. The summed E-state index contributed by atoms with van der Waals surface area (Å²) in [7, 11) is 0. The van der Waals surface area contributed by atoms with Crippen LogP contribution in [0.25, 0.3) is 0 Å². The van der Waals surface area contributed by atoms with Gasteiger partial charge in [0.25, 0.3) is 5.97 Å². The summed E-state index contributed by atoms with van der Waals surface area (Å²) in [4.78, 5) is 9.00. The minimum Gasteiger partial charge on any atom is -0.481 e. The summed E-state index contributed by atoms with van der Waals surface area (Å²) in [6.07, 6.45) is 3.28. The Morgan fingerprint density at radius 2 is 1.45 bits per heavy atom. The number of rotatable bonds is 1. The van der Waals surface area contributed by atoms with E-state index in [-0.39, 0.29) is 0 Å². The molecule has 0 bridgehead atoms. The number of hydrogen-bond acceptors (Lipinski definition) is 1. The van der Waals surface area contributed by atoms with E-state index in [9.17, 15) is 0 Å². The zero-order chi connectivity index (χ0) is 9.70. The number of halogens is 1. The van der Waals surface area contributed by atoms with Crippen molar-refractivity contribution in [3.63, 3.8) is 0 Å². The molecule has 0 aromatic heterocycles. The second-order valence-corrected chi connectivity index (χ2v) is 1.45. The van der Waals surface area contributed by atoms with Gasteiger partial charge >= 0.3 is 0 Å². The maximum atomic E-state index is 9.00. The third-order valence-corrected chi connectivity index (χ3v) is 0.167. The van der Waals surface area contributed by atoms with Gasteiger partial charge < -0.3 is 5.11 Å². The quantitative estimate of drug-likeness (QED) is 0.624. The van der Waals surface area contributed by atoms with Gasteiger partial charge in [0.1, 0.15) is 0 Å². The number of allylic oxidation sites excluding steroid dienone is 2.